The number of aliphatic carboxylic acids is 1. The first-order valence-corrected chi connectivity index (χ1v) is 10.0. The Labute approximate surface area is 169 Å². The minimum atomic E-state index is -1.09. The number of hydrogen-bond acceptors (Lipinski definition) is 6. The Bertz CT molecular complexity index is 808. The summed E-state index contributed by atoms with van der Waals surface area (Å²) in [5.74, 6) is -0.469. The summed E-state index contributed by atoms with van der Waals surface area (Å²) in [6, 6.07) is 5.03. The number of amides is 1. The van der Waals surface area contributed by atoms with Gasteiger partial charge in [0.05, 0.1) is 18.2 Å². The van der Waals surface area contributed by atoms with Gasteiger partial charge in [0.15, 0.2) is 0 Å². The molecule has 2 N–H and O–H groups in total. The third kappa shape index (κ3) is 3.79. The maximum absolute atomic E-state index is 12.7. The van der Waals surface area contributed by atoms with Crippen molar-refractivity contribution in [1.82, 2.24) is 4.90 Å². The van der Waals surface area contributed by atoms with Crippen LogP contribution in [0.25, 0.3) is 0 Å². The number of fused-ring (bicyclic) bond motifs is 4. The van der Waals surface area contributed by atoms with Crippen LogP contribution in [0, 0.1) is 5.92 Å². The van der Waals surface area contributed by atoms with E-state index in [1.54, 1.807) is 17.0 Å². The van der Waals surface area contributed by atoms with Crippen LogP contribution < -0.4 is 4.74 Å². The van der Waals surface area contributed by atoms with E-state index in [0.29, 0.717) is 12.3 Å². The van der Waals surface area contributed by atoms with E-state index >= 15 is 0 Å². The number of aromatic hydroxyl groups is 1. The van der Waals surface area contributed by atoms with Crippen molar-refractivity contribution in [3.63, 3.8) is 0 Å². The molecule has 3 heterocycles. The third-order valence-electron chi connectivity index (χ3n) is 6.24. The number of carboxylic acid groups (broad SMARTS) is 1. The molecule has 158 valence electrons. The van der Waals surface area contributed by atoms with Gasteiger partial charge >= 0.3 is 5.97 Å². The highest BCUT2D eigenvalue weighted by molar-refractivity contribution is 5.78. The molecule has 0 unspecified atom stereocenters. The van der Waals surface area contributed by atoms with Gasteiger partial charge in [0.1, 0.15) is 30.3 Å². The summed E-state index contributed by atoms with van der Waals surface area (Å²) in [5, 5.41) is 18.5. The number of nitrogens with zero attached hydrogens (tertiary/aromatic N) is 1. The standard InChI is InChI=1S/C21H27NO7/c1-21(2)14-9-15-16(4-3-7-22(15)18(24)10-27-11-19(25)26)28-20(14)13-6-5-12(23)8-17(13)29-21/h5-6,8,14-16,20,23H,3-4,7,9-11H2,1-2H3,(H,25,26)/t14-,15-,16-,20+/m1/s1. The number of ether oxygens (including phenoxy) is 3. The Hall–Kier alpha value is -2.32. The second kappa shape index (κ2) is 7.50. The summed E-state index contributed by atoms with van der Waals surface area (Å²) in [5.41, 5.74) is 0.404. The first-order valence-electron chi connectivity index (χ1n) is 10.0. The molecule has 0 radical (unpaired) electrons. The molecule has 29 heavy (non-hydrogen) atoms. The molecule has 2 saturated heterocycles. The average Bonchev–Trinajstić information content (AvgIpc) is 2.65. The van der Waals surface area contributed by atoms with E-state index in [2.05, 4.69) is 0 Å². The van der Waals surface area contributed by atoms with Crippen molar-refractivity contribution >= 4 is 11.9 Å². The molecule has 1 aromatic carbocycles. The van der Waals surface area contributed by atoms with Gasteiger partial charge in [-0.1, -0.05) is 0 Å². The van der Waals surface area contributed by atoms with Crippen molar-refractivity contribution in [2.75, 3.05) is 19.8 Å². The molecule has 0 aliphatic carbocycles. The number of hydrogen-bond donors (Lipinski definition) is 2. The van der Waals surface area contributed by atoms with Crippen LogP contribution in [0.4, 0.5) is 0 Å². The zero-order valence-electron chi connectivity index (χ0n) is 16.7. The largest absolute Gasteiger partial charge is 0.508 e. The van der Waals surface area contributed by atoms with E-state index < -0.39 is 18.2 Å². The van der Waals surface area contributed by atoms with Crippen LogP contribution in [0.15, 0.2) is 18.2 Å². The highest BCUT2D eigenvalue weighted by Crippen LogP contribution is 2.52. The van der Waals surface area contributed by atoms with Gasteiger partial charge in [-0.2, -0.15) is 0 Å². The molecule has 2 fully saturated rings. The lowest BCUT2D eigenvalue weighted by Crippen LogP contribution is -2.60. The fourth-order valence-electron chi connectivity index (χ4n) is 4.89. The second-order valence-electron chi connectivity index (χ2n) is 8.55. The molecular formula is C21H27NO7. The van der Waals surface area contributed by atoms with Gasteiger partial charge < -0.3 is 29.3 Å². The number of carboxylic acids is 1. The summed E-state index contributed by atoms with van der Waals surface area (Å²) in [7, 11) is 0. The predicted octanol–water partition coefficient (Wildman–Crippen LogP) is 2.10. The van der Waals surface area contributed by atoms with Crippen LogP contribution in [0.1, 0.15) is 44.8 Å². The van der Waals surface area contributed by atoms with E-state index in [0.717, 1.165) is 24.8 Å². The number of phenolic OH excluding ortho intramolecular Hbond substituents is 1. The fourth-order valence-corrected chi connectivity index (χ4v) is 4.89. The van der Waals surface area contributed by atoms with Crippen LogP contribution in [-0.2, 0) is 19.1 Å². The van der Waals surface area contributed by atoms with Crippen molar-refractivity contribution in [3.05, 3.63) is 23.8 Å². The number of carbonyl (C=O) groups is 2. The Morgan fingerprint density at radius 2 is 2.10 bits per heavy atom. The van der Waals surface area contributed by atoms with E-state index in [1.807, 2.05) is 19.9 Å². The summed E-state index contributed by atoms with van der Waals surface area (Å²) < 4.78 is 17.7. The smallest absolute Gasteiger partial charge is 0.329 e. The van der Waals surface area contributed by atoms with Crippen molar-refractivity contribution in [2.24, 2.45) is 5.92 Å². The summed E-state index contributed by atoms with van der Waals surface area (Å²) in [4.78, 5) is 25.1. The van der Waals surface area contributed by atoms with Crippen LogP contribution >= 0.6 is 0 Å². The quantitative estimate of drug-likeness (QED) is 0.790. The van der Waals surface area contributed by atoms with Gasteiger partial charge in [-0.3, -0.25) is 4.79 Å². The van der Waals surface area contributed by atoms with Gasteiger partial charge in [0, 0.05) is 24.1 Å². The third-order valence-corrected chi connectivity index (χ3v) is 6.24. The highest BCUT2D eigenvalue weighted by atomic mass is 16.5. The molecule has 1 amide bonds. The minimum absolute atomic E-state index is 0.0362. The van der Waals surface area contributed by atoms with Crippen molar-refractivity contribution < 1.29 is 34.0 Å². The molecule has 0 bridgehead atoms. The Morgan fingerprint density at radius 3 is 2.86 bits per heavy atom. The first kappa shape index (κ1) is 20.0. The lowest BCUT2D eigenvalue weighted by molar-refractivity contribution is -0.194. The van der Waals surface area contributed by atoms with Crippen molar-refractivity contribution in [3.8, 4) is 11.5 Å². The molecule has 0 spiro atoms. The molecule has 3 aliphatic heterocycles. The maximum atomic E-state index is 12.7. The number of benzene rings is 1. The van der Waals surface area contributed by atoms with Gasteiger partial charge in [0.2, 0.25) is 5.91 Å². The zero-order valence-corrected chi connectivity index (χ0v) is 16.7. The molecule has 3 aliphatic rings. The van der Waals surface area contributed by atoms with Gasteiger partial charge in [-0.15, -0.1) is 0 Å². The monoisotopic (exact) mass is 405 g/mol. The summed E-state index contributed by atoms with van der Waals surface area (Å²) >= 11 is 0. The van der Waals surface area contributed by atoms with Gasteiger partial charge in [-0.25, -0.2) is 4.79 Å². The van der Waals surface area contributed by atoms with Crippen molar-refractivity contribution in [2.45, 2.75) is 57.0 Å². The lowest BCUT2D eigenvalue weighted by atomic mass is 9.72. The number of rotatable bonds is 4. The van der Waals surface area contributed by atoms with Crippen molar-refractivity contribution in [1.29, 1.82) is 0 Å². The maximum Gasteiger partial charge on any atom is 0.329 e. The van der Waals surface area contributed by atoms with E-state index in [1.165, 1.54) is 0 Å². The predicted molar refractivity (Wildman–Crippen MR) is 102 cm³/mol. The van der Waals surface area contributed by atoms with E-state index in [-0.39, 0.29) is 42.4 Å². The topological polar surface area (TPSA) is 106 Å². The molecule has 8 nitrogen and oxygen atoms in total. The van der Waals surface area contributed by atoms with Crippen LogP contribution in [0.2, 0.25) is 0 Å². The molecule has 4 rings (SSSR count). The number of phenols is 1. The minimum Gasteiger partial charge on any atom is -0.508 e. The van der Waals surface area contributed by atoms with E-state index in [9.17, 15) is 14.7 Å². The second-order valence-corrected chi connectivity index (χ2v) is 8.55. The number of carbonyl (C=O) groups excluding carboxylic acids is 1. The highest BCUT2D eigenvalue weighted by Gasteiger charge is 2.52. The SMILES string of the molecule is CC1(C)Oc2cc(O)ccc2[C@@H]2O[C@@H]3CCCN(C(=O)COCC(=O)O)[C@@H]3C[C@H]21. The van der Waals surface area contributed by atoms with E-state index in [4.69, 9.17) is 19.3 Å². The summed E-state index contributed by atoms with van der Waals surface area (Å²) in [6.45, 7) is 3.90. The number of likely N-dealkylation sites (tertiary alicyclic amines) is 1. The molecule has 0 aromatic heterocycles. The molecule has 0 saturated carbocycles. The number of piperidine rings is 1. The molecular weight excluding hydrogens is 378 g/mol. The molecule has 4 atom stereocenters. The molecule has 1 aromatic rings. The average molecular weight is 405 g/mol. The Morgan fingerprint density at radius 1 is 1.31 bits per heavy atom. The first-order chi connectivity index (χ1) is 13.8. The van der Waals surface area contributed by atoms with Gasteiger partial charge in [0.25, 0.3) is 0 Å². The normalized spacial score (nSPS) is 29.8. The Balaban J connectivity index is 1.55. The lowest BCUT2D eigenvalue weighted by Gasteiger charge is -2.54. The summed E-state index contributed by atoms with van der Waals surface area (Å²) in [6.07, 6.45) is 2.17. The van der Waals surface area contributed by atoms with Crippen LogP contribution in [0.3, 0.4) is 0 Å². The van der Waals surface area contributed by atoms with Crippen LogP contribution in [0.5, 0.6) is 11.5 Å². The molecule has 8 heteroatoms. The fraction of sp³-hybridized carbons (Fsp3) is 0.619. The zero-order chi connectivity index (χ0) is 20.8. The van der Waals surface area contributed by atoms with Crippen LogP contribution in [-0.4, -0.2) is 64.5 Å². The van der Waals surface area contributed by atoms with Gasteiger partial charge in [-0.05, 0) is 45.2 Å². The Kier molecular flexibility index (Phi) is 5.16.